The first-order valence-corrected chi connectivity index (χ1v) is 6.59. The Hall–Kier alpha value is -2.08. The fourth-order valence-electron chi connectivity index (χ4n) is 2.11. The molecule has 0 fully saturated rings. The molecule has 0 atom stereocenters. The van der Waals surface area contributed by atoms with Gasteiger partial charge in [-0.3, -0.25) is 0 Å². The minimum atomic E-state index is -3.09. The molecule has 0 aliphatic heterocycles. The molecule has 0 aliphatic rings. The van der Waals surface area contributed by atoms with Gasteiger partial charge in [-0.2, -0.15) is 8.78 Å². The van der Waals surface area contributed by atoms with Crippen LogP contribution >= 0.6 is 11.6 Å². The van der Waals surface area contributed by atoms with E-state index < -0.39 is 11.7 Å². The van der Waals surface area contributed by atoms with E-state index in [0.717, 1.165) is 17.8 Å². The zero-order chi connectivity index (χ0) is 15.2. The lowest BCUT2D eigenvalue weighted by Crippen LogP contribution is -2.13. The van der Waals surface area contributed by atoms with Crippen molar-refractivity contribution >= 4 is 22.5 Å². The van der Waals surface area contributed by atoms with E-state index in [1.807, 2.05) is 0 Å². The van der Waals surface area contributed by atoms with Crippen molar-refractivity contribution in [3.8, 4) is 11.3 Å². The number of halogens is 3. The quantitative estimate of drug-likeness (QED) is 0.725. The van der Waals surface area contributed by atoms with Crippen LogP contribution in [0, 0.1) is 6.92 Å². The Labute approximate surface area is 124 Å². The molecule has 0 bridgehead atoms. The zero-order valence-electron chi connectivity index (χ0n) is 11.3. The van der Waals surface area contributed by atoms with Crippen molar-refractivity contribution in [1.29, 1.82) is 0 Å². The molecule has 0 saturated carbocycles. The minimum absolute atomic E-state index is 0.329. The topological polar surface area (TPSA) is 54.5 Å². The molecule has 0 amide bonds. The molecule has 0 unspecified atom stereocenters. The molecular formula is C14H11ClF2N4. The van der Waals surface area contributed by atoms with Crippen molar-refractivity contribution in [3.63, 3.8) is 0 Å². The summed E-state index contributed by atoms with van der Waals surface area (Å²) < 4.78 is 26.9. The molecule has 108 valence electrons. The predicted octanol–water partition coefficient (Wildman–Crippen LogP) is 4.09. The molecule has 0 saturated heterocycles. The van der Waals surface area contributed by atoms with Crippen molar-refractivity contribution in [2.75, 3.05) is 0 Å². The van der Waals surface area contributed by atoms with E-state index in [0.29, 0.717) is 22.1 Å². The molecule has 0 aliphatic carbocycles. The van der Waals surface area contributed by atoms with Gasteiger partial charge in [0.15, 0.2) is 5.82 Å². The second-order valence-corrected chi connectivity index (χ2v) is 5.25. The molecule has 0 radical (unpaired) electrons. The number of H-pyrrole nitrogens is 1. The van der Waals surface area contributed by atoms with Gasteiger partial charge in [0.25, 0.3) is 0 Å². The van der Waals surface area contributed by atoms with Gasteiger partial charge >= 0.3 is 5.92 Å². The van der Waals surface area contributed by atoms with E-state index >= 15 is 0 Å². The van der Waals surface area contributed by atoms with E-state index in [9.17, 15) is 8.78 Å². The lowest BCUT2D eigenvalue weighted by Gasteiger charge is -2.11. The van der Waals surface area contributed by atoms with E-state index in [4.69, 9.17) is 11.6 Å². The number of hydrogen-bond acceptors (Lipinski definition) is 3. The van der Waals surface area contributed by atoms with Crippen molar-refractivity contribution < 1.29 is 8.78 Å². The zero-order valence-corrected chi connectivity index (χ0v) is 12.0. The minimum Gasteiger partial charge on any atom is -0.359 e. The smallest absolute Gasteiger partial charge is 0.303 e. The largest absolute Gasteiger partial charge is 0.359 e. The molecule has 0 aromatic carbocycles. The maximum atomic E-state index is 13.5. The Kier molecular flexibility index (Phi) is 3.13. The Morgan fingerprint density at radius 2 is 2.00 bits per heavy atom. The highest BCUT2D eigenvalue weighted by molar-refractivity contribution is 6.30. The van der Waals surface area contributed by atoms with Crippen LogP contribution in [0.1, 0.15) is 18.4 Å². The summed E-state index contributed by atoms with van der Waals surface area (Å²) in [6.07, 6.45) is 3.28. The standard InChI is InChI=1S/C14H11ClF2N4/c1-7-3-10(21-13(20-7)14(2,16)17)9-5-18-11-6-19-12(15)4-8(9)11/h3-6,18H,1-2H3. The van der Waals surface area contributed by atoms with Gasteiger partial charge in [0, 0.05) is 29.8 Å². The normalized spacial score (nSPS) is 12.0. The average molecular weight is 309 g/mol. The number of aryl methyl sites for hydroxylation is 1. The lowest BCUT2D eigenvalue weighted by atomic mass is 10.1. The van der Waals surface area contributed by atoms with Gasteiger partial charge in [0.1, 0.15) is 5.15 Å². The Balaban J connectivity index is 2.23. The number of pyridine rings is 1. The summed E-state index contributed by atoms with van der Waals surface area (Å²) in [6, 6.07) is 3.33. The summed E-state index contributed by atoms with van der Waals surface area (Å²) in [4.78, 5) is 14.8. The van der Waals surface area contributed by atoms with Gasteiger partial charge < -0.3 is 4.98 Å². The van der Waals surface area contributed by atoms with Crippen molar-refractivity contribution in [1.82, 2.24) is 19.9 Å². The van der Waals surface area contributed by atoms with E-state index in [1.54, 1.807) is 31.5 Å². The third-order valence-electron chi connectivity index (χ3n) is 3.06. The first kappa shape index (κ1) is 13.9. The molecule has 3 heterocycles. The summed E-state index contributed by atoms with van der Waals surface area (Å²) in [7, 11) is 0. The van der Waals surface area contributed by atoms with Crippen molar-refractivity contribution in [3.05, 3.63) is 41.2 Å². The Bertz CT molecular complexity index is 823. The number of nitrogens with one attached hydrogen (secondary N) is 1. The van der Waals surface area contributed by atoms with Gasteiger partial charge in [0.05, 0.1) is 17.4 Å². The number of nitrogens with zero attached hydrogens (tertiary/aromatic N) is 3. The molecular weight excluding hydrogens is 298 g/mol. The van der Waals surface area contributed by atoms with E-state index in [1.165, 1.54) is 0 Å². The van der Waals surface area contributed by atoms with Crippen LogP contribution in [0.3, 0.4) is 0 Å². The van der Waals surface area contributed by atoms with Gasteiger partial charge in [-0.05, 0) is 19.1 Å². The van der Waals surface area contributed by atoms with E-state index in [2.05, 4.69) is 19.9 Å². The number of rotatable bonds is 2. The molecule has 0 spiro atoms. The molecule has 21 heavy (non-hydrogen) atoms. The summed E-state index contributed by atoms with van der Waals surface area (Å²) in [5.74, 6) is -3.58. The third kappa shape index (κ3) is 2.58. The molecule has 3 aromatic rings. The number of hydrogen-bond donors (Lipinski definition) is 1. The van der Waals surface area contributed by atoms with E-state index in [-0.39, 0.29) is 0 Å². The van der Waals surface area contributed by atoms with Crippen LogP contribution in [-0.2, 0) is 5.92 Å². The Morgan fingerprint density at radius 3 is 2.71 bits per heavy atom. The summed E-state index contributed by atoms with van der Waals surface area (Å²) in [6.45, 7) is 2.44. The van der Waals surface area contributed by atoms with Crippen LogP contribution in [0.4, 0.5) is 8.78 Å². The van der Waals surface area contributed by atoms with Crippen LogP contribution in [0.15, 0.2) is 24.5 Å². The third-order valence-corrected chi connectivity index (χ3v) is 3.26. The predicted molar refractivity (Wildman–Crippen MR) is 76.4 cm³/mol. The molecule has 1 N–H and O–H groups in total. The van der Waals surface area contributed by atoms with Crippen LogP contribution in [0.2, 0.25) is 5.15 Å². The summed E-state index contributed by atoms with van der Waals surface area (Å²) in [5, 5.41) is 1.11. The highest BCUT2D eigenvalue weighted by Crippen LogP contribution is 2.31. The monoisotopic (exact) mass is 308 g/mol. The van der Waals surface area contributed by atoms with Crippen LogP contribution in [0.5, 0.6) is 0 Å². The maximum absolute atomic E-state index is 13.5. The summed E-state index contributed by atoms with van der Waals surface area (Å²) >= 11 is 5.89. The highest BCUT2D eigenvalue weighted by atomic mass is 35.5. The van der Waals surface area contributed by atoms with Crippen LogP contribution in [-0.4, -0.2) is 19.9 Å². The summed E-state index contributed by atoms with van der Waals surface area (Å²) in [5.41, 5.74) is 2.35. The van der Waals surface area contributed by atoms with Gasteiger partial charge in [-0.15, -0.1) is 0 Å². The lowest BCUT2D eigenvalue weighted by molar-refractivity contribution is 0.00763. The molecule has 7 heteroatoms. The SMILES string of the molecule is Cc1cc(-c2c[nH]c3cnc(Cl)cc23)nc(C(C)(F)F)n1. The first-order valence-electron chi connectivity index (χ1n) is 6.21. The second kappa shape index (κ2) is 4.73. The Morgan fingerprint density at radius 1 is 1.24 bits per heavy atom. The van der Waals surface area contributed by atoms with Crippen LogP contribution in [0.25, 0.3) is 22.2 Å². The van der Waals surface area contributed by atoms with Crippen molar-refractivity contribution in [2.24, 2.45) is 0 Å². The number of aromatic amines is 1. The number of alkyl halides is 2. The molecule has 4 nitrogen and oxygen atoms in total. The molecule has 3 rings (SSSR count). The molecule has 3 aromatic heterocycles. The van der Waals surface area contributed by atoms with Gasteiger partial charge in [0.2, 0.25) is 0 Å². The highest BCUT2D eigenvalue weighted by Gasteiger charge is 2.29. The van der Waals surface area contributed by atoms with Crippen molar-refractivity contribution in [2.45, 2.75) is 19.8 Å². The maximum Gasteiger partial charge on any atom is 0.303 e. The van der Waals surface area contributed by atoms with Gasteiger partial charge in [-0.25, -0.2) is 15.0 Å². The van der Waals surface area contributed by atoms with Crippen LogP contribution < -0.4 is 0 Å². The number of fused-ring (bicyclic) bond motifs is 1. The second-order valence-electron chi connectivity index (χ2n) is 4.86. The number of aromatic nitrogens is 4. The average Bonchev–Trinajstić information content (AvgIpc) is 2.79. The fourth-order valence-corrected chi connectivity index (χ4v) is 2.27. The fraction of sp³-hybridized carbons (Fsp3) is 0.214. The van der Waals surface area contributed by atoms with Gasteiger partial charge in [-0.1, -0.05) is 11.6 Å². The first-order chi connectivity index (χ1) is 9.84.